The molecule has 0 radical (unpaired) electrons. The molecule has 1 saturated heterocycles. The molecule has 1 aliphatic rings. The fraction of sp³-hybridized carbons (Fsp3) is 0.286. The van der Waals surface area contributed by atoms with Crippen molar-refractivity contribution < 1.29 is 19.4 Å². The summed E-state index contributed by atoms with van der Waals surface area (Å²) in [7, 11) is 1.54. The molecule has 0 spiro atoms. The van der Waals surface area contributed by atoms with Gasteiger partial charge in [0, 0.05) is 31.1 Å². The summed E-state index contributed by atoms with van der Waals surface area (Å²) >= 11 is 6.22. The Labute approximate surface area is 172 Å². The molecule has 1 N–H and O–H groups in total. The normalized spacial score (nSPS) is 16.6. The van der Waals surface area contributed by atoms with Gasteiger partial charge in [0.2, 0.25) is 5.91 Å². The second-order valence-electron chi connectivity index (χ2n) is 6.98. The van der Waals surface area contributed by atoms with Crippen molar-refractivity contribution in [3.63, 3.8) is 0 Å². The van der Waals surface area contributed by atoms with Gasteiger partial charge in [0.1, 0.15) is 11.6 Å². The summed E-state index contributed by atoms with van der Waals surface area (Å²) < 4.78 is 7.10. The van der Waals surface area contributed by atoms with E-state index in [0.29, 0.717) is 36.0 Å². The number of hydrogen-bond donors (Lipinski definition) is 1. The fourth-order valence-electron chi connectivity index (χ4n) is 3.80. The Balaban J connectivity index is 1.66. The molecule has 1 amide bonds. The van der Waals surface area contributed by atoms with Crippen LogP contribution in [0.2, 0.25) is 5.02 Å². The van der Waals surface area contributed by atoms with Crippen molar-refractivity contribution in [2.45, 2.75) is 25.3 Å². The molecule has 2 heterocycles. The minimum Gasteiger partial charge on any atom is -0.495 e. The van der Waals surface area contributed by atoms with Crippen LogP contribution in [0.25, 0.3) is 11.0 Å². The summed E-state index contributed by atoms with van der Waals surface area (Å²) in [6.45, 7) is 0.766. The summed E-state index contributed by atoms with van der Waals surface area (Å²) in [6, 6.07) is 12.9. The van der Waals surface area contributed by atoms with E-state index < -0.39 is 5.97 Å². The van der Waals surface area contributed by atoms with Crippen molar-refractivity contribution in [1.82, 2.24) is 9.55 Å². The van der Waals surface area contributed by atoms with Crippen LogP contribution in [0.4, 0.5) is 5.69 Å². The molecule has 1 unspecified atom stereocenters. The van der Waals surface area contributed by atoms with Crippen molar-refractivity contribution in [2.24, 2.45) is 0 Å². The van der Waals surface area contributed by atoms with Gasteiger partial charge in [0.25, 0.3) is 0 Å². The average molecular weight is 414 g/mol. The quantitative estimate of drug-likeness (QED) is 0.666. The topological polar surface area (TPSA) is 84.7 Å². The van der Waals surface area contributed by atoms with Gasteiger partial charge < -0.3 is 19.3 Å². The first-order valence-electron chi connectivity index (χ1n) is 9.28. The fourth-order valence-corrected chi connectivity index (χ4v) is 4.05. The highest BCUT2D eigenvalue weighted by molar-refractivity contribution is 6.32. The first kappa shape index (κ1) is 19.3. The zero-order chi connectivity index (χ0) is 20.5. The number of imidazole rings is 1. The van der Waals surface area contributed by atoms with Crippen molar-refractivity contribution in [1.29, 1.82) is 0 Å². The second kappa shape index (κ2) is 7.75. The van der Waals surface area contributed by atoms with Gasteiger partial charge in [0.15, 0.2) is 0 Å². The second-order valence-corrected chi connectivity index (χ2v) is 7.39. The summed E-state index contributed by atoms with van der Waals surface area (Å²) in [4.78, 5) is 30.3. The maximum Gasteiger partial charge on any atom is 0.305 e. The average Bonchev–Trinajstić information content (AvgIpc) is 3.26. The molecule has 1 aromatic heterocycles. The van der Waals surface area contributed by atoms with Crippen molar-refractivity contribution >= 4 is 40.2 Å². The lowest BCUT2D eigenvalue weighted by molar-refractivity contribution is -0.137. The zero-order valence-electron chi connectivity index (χ0n) is 15.8. The number of benzene rings is 2. The molecule has 0 bridgehead atoms. The van der Waals surface area contributed by atoms with Gasteiger partial charge in [0.05, 0.1) is 29.6 Å². The third-order valence-electron chi connectivity index (χ3n) is 5.17. The Morgan fingerprint density at radius 3 is 2.83 bits per heavy atom. The van der Waals surface area contributed by atoms with Gasteiger partial charge in [-0.1, -0.05) is 23.7 Å². The predicted octanol–water partition coefficient (Wildman–Crippen LogP) is 3.69. The first-order chi connectivity index (χ1) is 14.0. The standard InChI is InChI=1S/C21H20ClN3O4/c1-29-18-7-6-14(11-15(18)22)25-12-13(10-19(25)26)21-23-16-4-2-3-5-17(16)24(21)9-8-20(27)28/h2-7,11,13H,8-10,12H2,1H3,(H,27,28). The van der Waals surface area contributed by atoms with E-state index in [-0.39, 0.29) is 18.2 Å². The lowest BCUT2D eigenvalue weighted by Gasteiger charge is -2.18. The molecule has 4 rings (SSSR count). The molecule has 0 saturated carbocycles. The van der Waals surface area contributed by atoms with Crippen LogP contribution in [0, 0.1) is 0 Å². The number of ether oxygens (including phenoxy) is 1. The van der Waals surface area contributed by atoms with Crippen molar-refractivity contribution in [2.75, 3.05) is 18.6 Å². The monoisotopic (exact) mass is 413 g/mol. The number of aryl methyl sites for hydroxylation is 1. The lowest BCUT2D eigenvalue weighted by atomic mass is 10.1. The van der Waals surface area contributed by atoms with E-state index in [1.54, 1.807) is 30.2 Å². The number of aromatic nitrogens is 2. The number of carboxylic acid groups (broad SMARTS) is 1. The molecule has 29 heavy (non-hydrogen) atoms. The maximum absolute atomic E-state index is 12.7. The zero-order valence-corrected chi connectivity index (χ0v) is 16.6. The van der Waals surface area contributed by atoms with Crippen LogP contribution in [0.15, 0.2) is 42.5 Å². The van der Waals surface area contributed by atoms with Crippen LogP contribution in [-0.4, -0.2) is 40.2 Å². The molecule has 7 nitrogen and oxygen atoms in total. The van der Waals surface area contributed by atoms with Crippen LogP contribution in [-0.2, 0) is 16.1 Å². The number of methoxy groups -OCH3 is 1. The minimum absolute atomic E-state index is 0.00811. The molecule has 1 atom stereocenters. The van der Waals surface area contributed by atoms with E-state index in [4.69, 9.17) is 26.4 Å². The number of carboxylic acids is 1. The summed E-state index contributed by atoms with van der Waals surface area (Å²) in [5.41, 5.74) is 2.38. The number of para-hydroxylation sites is 2. The van der Waals surface area contributed by atoms with E-state index in [0.717, 1.165) is 16.9 Å². The third kappa shape index (κ3) is 3.65. The van der Waals surface area contributed by atoms with Crippen molar-refractivity contribution in [3.8, 4) is 5.75 Å². The van der Waals surface area contributed by atoms with E-state index in [2.05, 4.69) is 0 Å². The van der Waals surface area contributed by atoms with Crippen LogP contribution < -0.4 is 9.64 Å². The molecule has 0 aliphatic carbocycles. The molecular formula is C21H20ClN3O4. The highest BCUT2D eigenvalue weighted by Gasteiger charge is 2.35. The maximum atomic E-state index is 12.7. The number of amides is 1. The van der Waals surface area contributed by atoms with Crippen LogP contribution in [0.1, 0.15) is 24.6 Å². The number of rotatable bonds is 6. The Bertz CT molecular complexity index is 1090. The van der Waals surface area contributed by atoms with E-state index in [1.807, 2.05) is 28.8 Å². The SMILES string of the molecule is COc1ccc(N2CC(c3nc4ccccc4n3CCC(=O)O)CC2=O)cc1Cl. The number of anilines is 1. The molecular weight excluding hydrogens is 394 g/mol. The number of carbonyl (C=O) groups excluding carboxylic acids is 1. The Morgan fingerprint density at radius 2 is 2.10 bits per heavy atom. The molecule has 3 aromatic rings. The Kier molecular flexibility index (Phi) is 5.15. The Hall–Kier alpha value is -3.06. The molecule has 2 aromatic carbocycles. The van der Waals surface area contributed by atoms with Gasteiger partial charge in [-0.05, 0) is 30.3 Å². The number of halogens is 1. The number of nitrogens with zero attached hydrogens (tertiary/aromatic N) is 3. The van der Waals surface area contributed by atoms with E-state index in [1.165, 1.54) is 0 Å². The van der Waals surface area contributed by atoms with Gasteiger partial charge in [-0.15, -0.1) is 0 Å². The van der Waals surface area contributed by atoms with Crippen LogP contribution in [0.5, 0.6) is 5.75 Å². The lowest BCUT2D eigenvalue weighted by Crippen LogP contribution is -2.24. The predicted molar refractivity (Wildman–Crippen MR) is 110 cm³/mol. The highest BCUT2D eigenvalue weighted by Crippen LogP contribution is 2.36. The molecule has 1 fully saturated rings. The highest BCUT2D eigenvalue weighted by atomic mass is 35.5. The Morgan fingerprint density at radius 1 is 1.31 bits per heavy atom. The third-order valence-corrected chi connectivity index (χ3v) is 5.47. The van der Waals surface area contributed by atoms with Gasteiger partial charge in [-0.3, -0.25) is 9.59 Å². The first-order valence-corrected chi connectivity index (χ1v) is 9.66. The minimum atomic E-state index is -0.870. The van der Waals surface area contributed by atoms with Gasteiger partial charge in [-0.2, -0.15) is 0 Å². The van der Waals surface area contributed by atoms with Gasteiger partial charge >= 0.3 is 5.97 Å². The van der Waals surface area contributed by atoms with Crippen LogP contribution >= 0.6 is 11.6 Å². The number of hydrogen-bond acceptors (Lipinski definition) is 4. The number of aliphatic carboxylic acids is 1. The molecule has 1 aliphatic heterocycles. The molecule has 150 valence electrons. The summed E-state index contributed by atoms with van der Waals surface area (Å²) in [5.74, 6) is 0.264. The smallest absolute Gasteiger partial charge is 0.305 e. The summed E-state index contributed by atoms with van der Waals surface area (Å²) in [6.07, 6.45) is 0.297. The van der Waals surface area contributed by atoms with Crippen molar-refractivity contribution in [3.05, 3.63) is 53.3 Å². The summed E-state index contributed by atoms with van der Waals surface area (Å²) in [5, 5.41) is 9.56. The van der Waals surface area contributed by atoms with E-state index in [9.17, 15) is 9.59 Å². The largest absolute Gasteiger partial charge is 0.495 e. The van der Waals surface area contributed by atoms with Gasteiger partial charge in [-0.25, -0.2) is 4.98 Å². The van der Waals surface area contributed by atoms with E-state index >= 15 is 0 Å². The molecule has 8 heteroatoms. The number of carbonyl (C=O) groups is 2. The van der Waals surface area contributed by atoms with Crippen LogP contribution in [0.3, 0.4) is 0 Å². The number of fused-ring (bicyclic) bond motifs is 1.